The predicted molar refractivity (Wildman–Crippen MR) is 83.1 cm³/mol. The van der Waals surface area contributed by atoms with Gasteiger partial charge in [-0.05, 0) is 30.2 Å². The molecule has 0 amide bonds. The maximum atomic E-state index is 6.13. The molecule has 4 rings (SSSR count). The molecule has 2 aliphatic rings. The molecule has 0 aliphatic carbocycles. The van der Waals surface area contributed by atoms with Crippen molar-refractivity contribution in [3.05, 3.63) is 48.0 Å². The molecule has 2 heterocycles. The third-order valence-electron chi connectivity index (χ3n) is 4.11. The molecule has 2 aliphatic heterocycles. The van der Waals surface area contributed by atoms with Gasteiger partial charge < -0.3 is 20.1 Å². The van der Waals surface area contributed by atoms with Crippen LogP contribution in [0.15, 0.2) is 42.5 Å². The maximum Gasteiger partial charge on any atom is 0.161 e. The van der Waals surface area contributed by atoms with E-state index >= 15 is 0 Å². The fraction of sp³-hybridized carbons (Fsp3) is 0.294. The number of para-hydroxylation sites is 3. The molecule has 0 aromatic heterocycles. The zero-order valence-electron chi connectivity index (χ0n) is 11.8. The quantitative estimate of drug-likeness (QED) is 0.860. The summed E-state index contributed by atoms with van der Waals surface area (Å²) in [5.41, 5.74) is 9.47. The third kappa shape index (κ3) is 2.17. The Morgan fingerprint density at radius 2 is 1.95 bits per heavy atom. The number of anilines is 2. The summed E-state index contributed by atoms with van der Waals surface area (Å²) in [5.74, 6) is 1.66. The highest BCUT2D eigenvalue weighted by Gasteiger charge is 2.27. The van der Waals surface area contributed by atoms with Crippen molar-refractivity contribution in [2.75, 3.05) is 30.3 Å². The Kier molecular flexibility index (Phi) is 2.88. The molecule has 0 spiro atoms. The zero-order chi connectivity index (χ0) is 14.2. The summed E-state index contributed by atoms with van der Waals surface area (Å²) in [6.45, 7) is 2.37. The topological polar surface area (TPSA) is 47.7 Å². The molecule has 1 atom stereocenters. The van der Waals surface area contributed by atoms with Crippen molar-refractivity contribution < 1.29 is 9.47 Å². The molecule has 2 aromatic carbocycles. The van der Waals surface area contributed by atoms with Crippen molar-refractivity contribution in [1.82, 2.24) is 0 Å². The Morgan fingerprint density at radius 1 is 1.10 bits per heavy atom. The number of hydrogen-bond donors (Lipinski definition) is 1. The van der Waals surface area contributed by atoms with E-state index in [0.29, 0.717) is 6.61 Å². The highest BCUT2D eigenvalue weighted by atomic mass is 16.6. The first-order valence-corrected chi connectivity index (χ1v) is 7.32. The van der Waals surface area contributed by atoms with Crippen LogP contribution >= 0.6 is 0 Å². The fourth-order valence-electron chi connectivity index (χ4n) is 3.15. The smallest absolute Gasteiger partial charge is 0.161 e. The predicted octanol–water partition coefficient (Wildman–Crippen LogP) is 2.47. The van der Waals surface area contributed by atoms with Gasteiger partial charge in [-0.2, -0.15) is 0 Å². The van der Waals surface area contributed by atoms with E-state index < -0.39 is 0 Å². The van der Waals surface area contributed by atoms with E-state index in [1.54, 1.807) is 0 Å². The number of benzene rings is 2. The van der Waals surface area contributed by atoms with Crippen LogP contribution in [-0.2, 0) is 6.42 Å². The molecule has 1 unspecified atom stereocenters. The lowest BCUT2D eigenvalue weighted by Crippen LogP contribution is -2.40. The second-order valence-corrected chi connectivity index (χ2v) is 5.55. The number of ether oxygens (including phenoxy) is 2. The SMILES string of the molecule is Nc1cccc2c1N(CC1COc3ccccc3O1)CC2. The van der Waals surface area contributed by atoms with E-state index in [1.807, 2.05) is 36.4 Å². The first-order valence-electron chi connectivity index (χ1n) is 7.32. The Hall–Kier alpha value is -2.36. The Balaban J connectivity index is 1.52. The van der Waals surface area contributed by atoms with E-state index in [2.05, 4.69) is 11.0 Å². The van der Waals surface area contributed by atoms with Gasteiger partial charge in [-0.1, -0.05) is 24.3 Å². The van der Waals surface area contributed by atoms with Crippen molar-refractivity contribution in [2.45, 2.75) is 12.5 Å². The largest absolute Gasteiger partial charge is 0.486 e. The van der Waals surface area contributed by atoms with Gasteiger partial charge in [-0.15, -0.1) is 0 Å². The van der Waals surface area contributed by atoms with Gasteiger partial charge in [0.05, 0.1) is 17.9 Å². The number of nitrogen functional groups attached to an aromatic ring is 1. The number of nitrogens with zero attached hydrogens (tertiary/aromatic N) is 1. The van der Waals surface area contributed by atoms with Crippen molar-refractivity contribution in [1.29, 1.82) is 0 Å². The van der Waals surface area contributed by atoms with Gasteiger partial charge in [0.25, 0.3) is 0 Å². The molecule has 2 N–H and O–H groups in total. The Bertz CT molecular complexity index is 672. The average Bonchev–Trinajstić information content (AvgIpc) is 2.92. The molecule has 0 saturated carbocycles. The summed E-state index contributed by atoms with van der Waals surface area (Å²) in [6.07, 6.45) is 1.08. The lowest BCUT2D eigenvalue weighted by Gasteiger charge is -2.31. The molecule has 2 aromatic rings. The minimum Gasteiger partial charge on any atom is -0.486 e. The molecular weight excluding hydrogens is 264 g/mol. The van der Waals surface area contributed by atoms with Crippen LogP contribution in [-0.4, -0.2) is 25.8 Å². The molecular formula is C17H18N2O2. The van der Waals surface area contributed by atoms with Gasteiger partial charge in [0, 0.05) is 6.54 Å². The highest BCUT2D eigenvalue weighted by molar-refractivity contribution is 5.74. The van der Waals surface area contributed by atoms with Crippen LogP contribution in [0, 0.1) is 0 Å². The average molecular weight is 282 g/mol. The van der Waals surface area contributed by atoms with Crippen LogP contribution < -0.4 is 20.1 Å². The van der Waals surface area contributed by atoms with E-state index in [9.17, 15) is 0 Å². The van der Waals surface area contributed by atoms with Gasteiger partial charge in [-0.3, -0.25) is 0 Å². The number of hydrogen-bond acceptors (Lipinski definition) is 4. The van der Waals surface area contributed by atoms with Gasteiger partial charge in [0.15, 0.2) is 17.6 Å². The summed E-state index contributed by atoms with van der Waals surface area (Å²) in [6, 6.07) is 14.0. The first kappa shape index (κ1) is 12.4. The second kappa shape index (κ2) is 4.88. The van der Waals surface area contributed by atoms with Crippen LogP contribution in [0.3, 0.4) is 0 Å². The highest BCUT2D eigenvalue weighted by Crippen LogP contribution is 2.35. The summed E-state index contributed by atoms with van der Waals surface area (Å²) in [5, 5.41) is 0. The van der Waals surface area contributed by atoms with Crippen LogP contribution in [0.2, 0.25) is 0 Å². The Morgan fingerprint density at radius 3 is 2.86 bits per heavy atom. The standard InChI is InChI=1S/C17H18N2O2/c18-14-5-3-4-12-8-9-19(17(12)14)10-13-11-20-15-6-1-2-7-16(15)21-13/h1-7,13H,8-11,18H2. The molecule has 4 nitrogen and oxygen atoms in total. The van der Waals surface area contributed by atoms with E-state index in [1.165, 1.54) is 11.3 Å². The molecule has 108 valence electrons. The first-order chi connectivity index (χ1) is 10.3. The van der Waals surface area contributed by atoms with Crippen LogP contribution in [0.5, 0.6) is 11.5 Å². The summed E-state index contributed by atoms with van der Waals surface area (Å²) >= 11 is 0. The minimum atomic E-state index is 0.0328. The number of nitrogens with two attached hydrogens (primary N) is 1. The van der Waals surface area contributed by atoms with Gasteiger partial charge >= 0.3 is 0 Å². The zero-order valence-corrected chi connectivity index (χ0v) is 11.8. The molecule has 0 saturated heterocycles. The number of fused-ring (bicyclic) bond motifs is 2. The van der Waals surface area contributed by atoms with Gasteiger partial charge in [0.2, 0.25) is 0 Å². The fourth-order valence-corrected chi connectivity index (χ4v) is 3.15. The van der Waals surface area contributed by atoms with E-state index in [4.69, 9.17) is 15.2 Å². The van der Waals surface area contributed by atoms with E-state index in [-0.39, 0.29) is 6.10 Å². The van der Waals surface area contributed by atoms with Crippen molar-refractivity contribution in [2.24, 2.45) is 0 Å². The maximum absolute atomic E-state index is 6.13. The van der Waals surface area contributed by atoms with Gasteiger partial charge in [0.1, 0.15) is 6.61 Å². The van der Waals surface area contributed by atoms with Crippen molar-refractivity contribution in [3.63, 3.8) is 0 Å². The lowest BCUT2D eigenvalue weighted by molar-refractivity contribution is 0.0956. The summed E-state index contributed by atoms with van der Waals surface area (Å²) in [4.78, 5) is 2.31. The lowest BCUT2D eigenvalue weighted by atomic mass is 10.1. The van der Waals surface area contributed by atoms with Crippen LogP contribution in [0.1, 0.15) is 5.56 Å². The third-order valence-corrected chi connectivity index (χ3v) is 4.11. The Labute approximate surface area is 124 Å². The molecule has 21 heavy (non-hydrogen) atoms. The summed E-state index contributed by atoms with van der Waals surface area (Å²) in [7, 11) is 0. The minimum absolute atomic E-state index is 0.0328. The summed E-state index contributed by atoms with van der Waals surface area (Å²) < 4.78 is 11.8. The van der Waals surface area contributed by atoms with E-state index in [0.717, 1.165) is 36.7 Å². The normalized spacial score (nSPS) is 19.4. The second-order valence-electron chi connectivity index (χ2n) is 5.55. The van der Waals surface area contributed by atoms with Crippen LogP contribution in [0.25, 0.3) is 0 Å². The molecule has 4 heteroatoms. The van der Waals surface area contributed by atoms with Crippen LogP contribution in [0.4, 0.5) is 11.4 Å². The molecule has 0 fully saturated rings. The monoisotopic (exact) mass is 282 g/mol. The molecule has 0 radical (unpaired) electrons. The number of rotatable bonds is 2. The van der Waals surface area contributed by atoms with Crippen molar-refractivity contribution >= 4 is 11.4 Å². The molecule has 0 bridgehead atoms. The van der Waals surface area contributed by atoms with Crippen molar-refractivity contribution in [3.8, 4) is 11.5 Å². The van der Waals surface area contributed by atoms with Gasteiger partial charge in [-0.25, -0.2) is 0 Å².